The summed E-state index contributed by atoms with van der Waals surface area (Å²) in [5.74, 6) is 3.53. The van der Waals surface area contributed by atoms with Gasteiger partial charge in [-0.2, -0.15) is 13.2 Å². The highest BCUT2D eigenvalue weighted by atomic mass is 19.4. The Kier molecular flexibility index (Phi) is 4.34. The molecule has 0 aromatic carbocycles. The zero-order valence-corrected chi connectivity index (χ0v) is 10.7. The van der Waals surface area contributed by atoms with Gasteiger partial charge < -0.3 is 4.42 Å². The van der Waals surface area contributed by atoms with Crippen LogP contribution in [0.3, 0.4) is 0 Å². The second-order valence-corrected chi connectivity index (χ2v) is 4.85. The van der Waals surface area contributed by atoms with Crippen LogP contribution in [0.5, 0.6) is 0 Å². The highest BCUT2D eigenvalue weighted by Gasteiger charge is 2.41. The predicted octanol–water partition coefficient (Wildman–Crippen LogP) is 1.66. The van der Waals surface area contributed by atoms with Crippen LogP contribution in [-0.2, 0) is 6.54 Å². The molecular formula is C12H16F3N3O2. The molecule has 0 spiro atoms. The maximum atomic E-state index is 12.7. The lowest BCUT2D eigenvalue weighted by Crippen LogP contribution is -2.41. The highest BCUT2D eigenvalue weighted by molar-refractivity contribution is 5.94. The normalized spacial score (nSPS) is 20.9. The lowest BCUT2D eigenvalue weighted by Gasteiger charge is -2.33. The Morgan fingerprint density at radius 3 is 2.95 bits per heavy atom. The van der Waals surface area contributed by atoms with Crippen LogP contribution in [0.4, 0.5) is 13.2 Å². The van der Waals surface area contributed by atoms with Gasteiger partial charge in [0.2, 0.25) is 0 Å². The fourth-order valence-electron chi connectivity index (χ4n) is 2.41. The average molecular weight is 291 g/mol. The molecule has 5 nitrogen and oxygen atoms in total. The molecule has 8 heteroatoms. The first kappa shape index (κ1) is 14.9. The highest BCUT2D eigenvalue weighted by Crippen LogP contribution is 2.33. The molecule has 0 bridgehead atoms. The van der Waals surface area contributed by atoms with E-state index in [-0.39, 0.29) is 25.1 Å². The molecule has 1 amide bonds. The lowest BCUT2D eigenvalue weighted by atomic mass is 9.97. The van der Waals surface area contributed by atoms with Crippen LogP contribution >= 0.6 is 0 Å². The van der Waals surface area contributed by atoms with Crippen LogP contribution in [0.15, 0.2) is 16.7 Å². The van der Waals surface area contributed by atoms with E-state index in [4.69, 9.17) is 10.3 Å². The van der Waals surface area contributed by atoms with E-state index in [1.54, 1.807) is 4.90 Å². The molecule has 20 heavy (non-hydrogen) atoms. The average Bonchev–Trinajstić information content (AvgIpc) is 2.85. The number of nitrogens with zero attached hydrogens (tertiary/aromatic N) is 1. The second kappa shape index (κ2) is 5.84. The molecule has 1 aliphatic heterocycles. The number of hydrogen-bond donors (Lipinski definition) is 2. The molecule has 0 radical (unpaired) electrons. The zero-order chi connectivity index (χ0) is 14.8. The van der Waals surface area contributed by atoms with E-state index in [1.807, 2.05) is 5.43 Å². The Hall–Kier alpha value is -1.54. The molecule has 1 fully saturated rings. The van der Waals surface area contributed by atoms with Crippen molar-refractivity contribution in [2.45, 2.75) is 25.6 Å². The summed E-state index contributed by atoms with van der Waals surface area (Å²) in [6.45, 7) is 0.646. The van der Waals surface area contributed by atoms with Crippen molar-refractivity contribution < 1.29 is 22.4 Å². The van der Waals surface area contributed by atoms with Gasteiger partial charge in [0, 0.05) is 6.54 Å². The number of furan rings is 1. The molecule has 1 saturated heterocycles. The van der Waals surface area contributed by atoms with Gasteiger partial charge in [-0.3, -0.25) is 15.1 Å². The molecule has 1 unspecified atom stereocenters. The largest absolute Gasteiger partial charge is 0.467 e. The Balaban J connectivity index is 2.03. The quantitative estimate of drug-likeness (QED) is 0.505. The zero-order valence-electron chi connectivity index (χ0n) is 10.7. The number of alkyl halides is 3. The molecule has 2 heterocycles. The van der Waals surface area contributed by atoms with E-state index in [1.165, 1.54) is 12.3 Å². The number of hydrazine groups is 1. The van der Waals surface area contributed by atoms with Gasteiger partial charge in [0.05, 0.1) is 24.3 Å². The lowest BCUT2D eigenvalue weighted by molar-refractivity contribution is -0.187. The fourth-order valence-corrected chi connectivity index (χ4v) is 2.41. The Labute approximate surface area is 113 Å². The summed E-state index contributed by atoms with van der Waals surface area (Å²) in [7, 11) is 0. The van der Waals surface area contributed by atoms with Gasteiger partial charge in [-0.25, -0.2) is 5.84 Å². The maximum Gasteiger partial charge on any atom is 0.393 e. The van der Waals surface area contributed by atoms with Crippen LogP contribution in [0.25, 0.3) is 0 Å². The van der Waals surface area contributed by atoms with E-state index >= 15 is 0 Å². The summed E-state index contributed by atoms with van der Waals surface area (Å²) < 4.78 is 43.3. The van der Waals surface area contributed by atoms with Crippen molar-refractivity contribution >= 4 is 5.91 Å². The second-order valence-electron chi connectivity index (χ2n) is 4.85. The summed E-state index contributed by atoms with van der Waals surface area (Å²) >= 11 is 0. The topological polar surface area (TPSA) is 71.5 Å². The summed E-state index contributed by atoms with van der Waals surface area (Å²) in [6.07, 6.45) is -2.23. The van der Waals surface area contributed by atoms with E-state index in [2.05, 4.69) is 0 Å². The van der Waals surface area contributed by atoms with E-state index in [9.17, 15) is 18.0 Å². The number of likely N-dealkylation sites (tertiary alicyclic amines) is 1. The Bertz CT molecular complexity index is 473. The van der Waals surface area contributed by atoms with Gasteiger partial charge >= 0.3 is 6.18 Å². The first-order chi connectivity index (χ1) is 9.41. The van der Waals surface area contributed by atoms with Gasteiger partial charge in [-0.1, -0.05) is 0 Å². The maximum absolute atomic E-state index is 12.7. The number of hydrogen-bond acceptors (Lipinski definition) is 4. The van der Waals surface area contributed by atoms with E-state index in [0.29, 0.717) is 18.7 Å². The van der Waals surface area contributed by atoms with Crippen molar-refractivity contribution in [3.63, 3.8) is 0 Å². The minimum Gasteiger partial charge on any atom is -0.467 e. The minimum absolute atomic E-state index is 0.0755. The number of nitrogen functional groups attached to an aromatic ring is 1. The van der Waals surface area contributed by atoms with Crippen molar-refractivity contribution in [1.29, 1.82) is 0 Å². The SMILES string of the molecule is NNC(=O)c1ccoc1CN1CCCC(C(F)(F)F)C1. The van der Waals surface area contributed by atoms with Gasteiger partial charge in [-0.15, -0.1) is 0 Å². The molecule has 1 aromatic heterocycles. The number of nitrogens with two attached hydrogens (primary N) is 1. The smallest absolute Gasteiger partial charge is 0.393 e. The third kappa shape index (κ3) is 3.31. The van der Waals surface area contributed by atoms with Crippen LogP contribution in [0.2, 0.25) is 0 Å². The summed E-state index contributed by atoms with van der Waals surface area (Å²) in [4.78, 5) is 13.1. The van der Waals surface area contributed by atoms with Crippen LogP contribution in [0.1, 0.15) is 29.0 Å². The Morgan fingerprint density at radius 2 is 2.30 bits per heavy atom. The number of amides is 1. The van der Waals surface area contributed by atoms with Gasteiger partial charge in [-0.05, 0) is 25.5 Å². The first-order valence-electron chi connectivity index (χ1n) is 6.28. The fraction of sp³-hybridized carbons (Fsp3) is 0.583. The van der Waals surface area contributed by atoms with Crippen LogP contribution in [0, 0.1) is 5.92 Å². The van der Waals surface area contributed by atoms with Gasteiger partial charge in [0.15, 0.2) is 0 Å². The number of nitrogens with one attached hydrogen (secondary N) is 1. The molecule has 112 valence electrons. The number of carbonyl (C=O) groups excluding carboxylic acids is 1. The molecular weight excluding hydrogens is 275 g/mol. The minimum atomic E-state index is -4.18. The number of piperidine rings is 1. The molecule has 1 aromatic rings. The van der Waals surface area contributed by atoms with E-state index in [0.717, 1.165) is 0 Å². The van der Waals surface area contributed by atoms with E-state index < -0.39 is 18.0 Å². The molecule has 3 N–H and O–H groups in total. The molecule has 2 rings (SSSR count). The van der Waals surface area contributed by atoms with Crippen molar-refractivity contribution in [3.8, 4) is 0 Å². The van der Waals surface area contributed by atoms with Crippen molar-refractivity contribution in [3.05, 3.63) is 23.7 Å². The third-order valence-electron chi connectivity index (χ3n) is 3.46. The van der Waals surface area contributed by atoms with Crippen LogP contribution < -0.4 is 11.3 Å². The Morgan fingerprint density at radius 1 is 1.55 bits per heavy atom. The monoisotopic (exact) mass is 291 g/mol. The molecule has 1 atom stereocenters. The predicted molar refractivity (Wildman–Crippen MR) is 64.4 cm³/mol. The number of halogens is 3. The summed E-state index contributed by atoms with van der Waals surface area (Å²) in [6, 6.07) is 1.45. The molecule has 1 aliphatic rings. The number of carbonyl (C=O) groups is 1. The standard InChI is InChI=1S/C12H16F3N3O2/c13-12(14,15)8-2-1-4-18(6-8)7-10-9(3-5-20-10)11(19)17-16/h3,5,8H,1-2,4,6-7,16H2,(H,17,19). The summed E-state index contributed by atoms with van der Waals surface area (Å²) in [5.41, 5.74) is 2.23. The van der Waals surface area contributed by atoms with Crippen molar-refractivity contribution in [1.82, 2.24) is 10.3 Å². The molecule has 0 aliphatic carbocycles. The van der Waals surface area contributed by atoms with Gasteiger partial charge in [0.1, 0.15) is 5.76 Å². The first-order valence-corrected chi connectivity index (χ1v) is 6.28. The number of rotatable bonds is 3. The van der Waals surface area contributed by atoms with Gasteiger partial charge in [0.25, 0.3) is 5.91 Å². The molecule has 0 saturated carbocycles. The van der Waals surface area contributed by atoms with Crippen LogP contribution in [-0.4, -0.2) is 30.1 Å². The van der Waals surface area contributed by atoms with Crippen molar-refractivity contribution in [2.24, 2.45) is 11.8 Å². The third-order valence-corrected chi connectivity index (χ3v) is 3.46. The summed E-state index contributed by atoms with van der Waals surface area (Å²) in [5, 5.41) is 0. The van der Waals surface area contributed by atoms with Crippen molar-refractivity contribution in [2.75, 3.05) is 13.1 Å².